The van der Waals surface area contributed by atoms with Gasteiger partial charge in [-0.05, 0) is 164 Å². The van der Waals surface area contributed by atoms with Gasteiger partial charge in [0.05, 0.1) is 67.6 Å². The molecule has 6 amide bonds. The third-order valence-electron chi connectivity index (χ3n) is 20.3. The Kier molecular flexibility index (Phi) is 18.7. The maximum absolute atomic E-state index is 16.3. The fraction of sp³-hybridized carbons (Fsp3) is 0.262. The fourth-order valence-corrected chi connectivity index (χ4v) is 14.3. The topological polar surface area (TPSA) is 247 Å². The summed E-state index contributed by atoms with van der Waals surface area (Å²) in [6, 6.07) is 39.5. The van der Waals surface area contributed by atoms with Crippen molar-refractivity contribution in [1.82, 2.24) is 9.80 Å². The molecule has 11 aromatic rings. The molecule has 5 aliphatic heterocycles. The van der Waals surface area contributed by atoms with Gasteiger partial charge in [-0.3, -0.25) is 38.6 Å². The number of benzene rings is 11. The number of epoxide rings is 3. The lowest BCUT2D eigenvalue weighted by Crippen LogP contribution is -2.55. The maximum atomic E-state index is 16.3. The Morgan fingerprint density at radius 1 is 0.420 bits per heavy atom. The molecule has 572 valence electrons. The van der Waals surface area contributed by atoms with Crippen LogP contribution in [0, 0.1) is 5.92 Å². The van der Waals surface area contributed by atoms with Crippen molar-refractivity contribution in [2.24, 2.45) is 5.92 Å². The van der Waals surface area contributed by atoms with E-state index >= 15 is 55.1 Å². The molecular weight excluding hydrogens is 1470 g/mol. The molecule has 7 atom stereocenters. The quantitative estimate of drug-likeness (QED) is 0.0150. The van der Waals surface area contributed by atoms with Crippen LogP contribution >= 0.6 is 0 Å². The summed E-state index contributed by atoms with van der Waals surface area (Å²) in [6.45, 7) is 2.27. The van der Waals surface area contributed by atoms with E-state index in [0.717, 1.165) is 9.80 Å². The summed E-state index contributed by atoms with van der Waals surface area (Å²) in [5.74, 6) is -7.79. The van der Waals surface area contributed by atoms with Gasteiger partial charge < -0.3 is 67.0 Å². The number of carbonyl (C=O) groups excluding carboxylic acids is 6. The van der Waals surface area contributed by atoms with E-state index < -0.39 is 101 Å². The molecule has 0 bridgehead atoms. The number of imide groups is 2. The van der Waals surface area contributed by atoms with Crippen molar-refractivity contribution in [3.63, 3.8) is 0 Å². The highest BCUT2D eigenvalue weighted by molar-refractivity contribution is 6.45. The highest BCUT2D eigenvalue weighted by Gasteiger charge is 2.51. The van der Waals surface area contributed by atoms with Gasteiger partial charge in [-0.1, -0.05) is 36.4 Å². The molecule has 0 aromatic heterocycles. The fourth-order valence-electron chi connectivity index (χ4n) is 14.3. The first-order valence-electron chi connectivity index (χ1n) is 36.0. The van der Waals surface area contributed by atoms with E-state index in [9.17, 15) is 5.11 Å². The number of alkyl halides is 6. The summed E-state index contributed by atoms with van der Waals surface area (Å²) < 4.78 is 161. The highest BCUT2D eigenvalue weighted by atomic mass is 19.4. The van der Waals surface area contributed by atoms with Gasteiger partial charge in [0.2, 0.25) is 11.8 Å². The number of fused-ring (bicyclic) bond motifs is 2. The summed E-state index contributed by atoms with van der Waals surface area (Å²) in [6.07, 6.45) is -14.2. The number of likely N-dealkylation sites (N-methyl/N-ethyl adjacent to an activating group) is 2. The normalized spacial score (nSPS) is 18.7. The molecule has 17 rings (SSSR count). The lowest BCUT2D eigenvalue weighted by molar-refractivity contribution is -0.152. The van der Waals surface area contributed by atoms with Crippen LogP contribution in [0.15, 0.2) is 182 Å². The first-order valence-corrected chi connectivity index (χ1v) is 36.0. The number of ether oxygens (including phenoxy) is 11. The van der Waals surface area contributed by atoms with Crippen LogP contribution in [0.25, 0.3) is 43.1 Å². The van der Waals surface area contributed by atoms with Crippen LogP contribution in [-0.4, -0.2) is 160 Å². The van der Waals surface area contributed by atoms with Gasteiger partial charge >= 0.3 is 12.4 Å². The molecule has 0 radical (unpaired) electrons. The minimum Gasteiger partial charge on any atom is -0.494 e. The zero-order chi connectivity index (χ0) is 77.6. The Hall–Kier alpha value is -12.2. The van der Waals surface area contributed by atoms with Crippen LogP contribution in [0.2, 0.25) is 0 Å². The average molecular weight is 1530 g/mol. The molecule has 28 heteroatoms. The largest absolute Gasteiger partial charge is 0.494 e. The van der Waals surface area contributed by atoms with Gasteiger partial charge in [0.15, 0.2) is 0 Å². The Morgan fingerprint density at radius 3 is 0.946 bits per heavy atom. The van der Waals surface area contributed by atoms with Crippen LogP contribution in [0.1, 0.15) is 67.1 Å². The van der Waals surface area contributed by atoms with Crippen LogP contribution in [-0.2, 0) is 23.8 Å². The van der Waals surface area contributed by atoms with E-state index in [-0.39, 0.29) is 161 Å². The van der Waals surface area contributed by atoms with E-state index in [4.69, 9.17) is 52.1 Å². The Labute approximate surface area is 633 Å². The molecule has 4 fully saturated rings. The van der Waals surface area contributed by atoms with E-state index in [1.54, 1.807) is 84.9 Å². The predicted molar refractivity (Wildman–Crippen MR) is 393 cm³/mol. The molecule has 3 saturated heterocycles. The number of carbonyl (C=O) groups is 6. The second-order valence-electron chi connectivity index (χ2n) is 28.1. The summed E-state index contributed by atoms with van der Waals surface area (Å²) in [4.78, 5) is 97.5. The first-order chi connectivity index (χ1) is 53.9. The molecule has 7 unspecified atom stereocenters. The second kappa shape index (κ2) is 28.9. The summed E-state index contributed by atoms with van der Waals surface area (Å²) >= 11 is 0. The van der Waals surface area contributed by atoms with E-state index in [1.165, 1.54) is 111 Å². The summed E-state index contributed by atoms with van der Waals surface area (Å²) in [5.41, 5.74) is -1.69. The number of aliphatic hydroxyl groups excluding tert-OH is 1. The number of hydrogen-bond acceptors (Lipinski definition) is 18. The number of halogens is 6. The molecule has 0 spiro atoms. The molecule has 6 aliphatic rings. The Morgan fingerprint density at radius 2 is 0.688 bits per heavy atom. The predicted octanol–water partition coefficient (Wildman–Crippen LogP) is 15.5. The lowest BCUT2D eigenvalue weighted by Gasteiger charge is -2.37. The van der Waals surface area contributed by atoms with Crippen LogP contribution in [0.4, 0.5) is 37.7 Å². The number of amides is 6. The molecular formula is C84H66F6N4O18. The van der Waals surface area contributed by atoms with E-state index in [1.807, 2.05) is 0 Å². The minimum atomic E-state index is -5.21. The summed E-state index contributed by atoms with van der Waals surface area (Å²) in [5, 5.41) is 8.94. The average Bonchev–Trinajstić information content (AvgIpc) is 0.831. The molecule has 112 heavy (non-hydrogen) atoms. The van der Waals surface area contributed by atoms with Crippen LogP contribution < -0.4 is 47.7 Å². The molecule has 22 nitrogen and oxygen atoms in total. The number of hydrogen-bond donors (Lipinski definition) is 1. The van der Waals surface area contributed by atoms with Gasteiger partial charge in [0.1, 0.15) is 119 Å². The number of nitrogens with zero attached hydrogens (tertiary/aromatic N) is 4. The maximum Gasteiger partial charge on any atom is 0.391 e. The van der Waals surface area contributed by atoms with Gasteiger partial charge in [-0.25, -0.2) is 0 Å². The van der Waals surface area contributed by atoms with Crippen LogP contribution in [0.3, 0.4) is 0 Å². The van der Waals surface area contributed by atoms with Gasteiger partial charge in [0, 0.05) is 68.6 Å². The SMILES string of the molecule is CN(C(=O)C(CC(F)(F)F)N1C(=O)c2cc(Oc3ccc(OCCC4CC4O)cc3)c3c4c(Oc5ccc(OCC6CO6)cc5)cc5c6c(cc(Oc7ccc(OCC8CO8)cc7)c(c7c(Oc8ccc(OCC9CO9)cc8)cc(c2c37)C1=O)c64)C(=O)N(C(CC(F)(F)F)C(=O)N(C)c1ccccc1)C5=O)c1ccccc1. The van der Waals surface area contributed by atoms with Crippen molar-refractivity contribution in [2.75, 3.05) is 70.1 Å². The molecule has 1 saturated carbocycles. The third-order valence-corrected chi connectivity index (χ3v) is 20.3. The van der Waals surface area contributed by atoms with E-state index in [0.29, 0.717) is 55.7 Å². The molecule has 1 aliphatic carbocycles. The van der Waals surface area contributed by atoms with Crippen molar-refractivity contribution in [1.29, 1.82) is 0 Å². The molecule has 5 heterocycles. The first kappa shape index (κ1) is 72.6. The summed E-state index contributed by atoms with van der Waals surface area (Å²) in [7, 11) is 2.41. The van der Waals surface area contributed by atoms with Gasteiger partial charge in [-0.2, -0.15) is 26.3 Å². The standard InChI is InChI=1S/C84H66F6N4O18/c1-91(45-9-5-3-6-10-45)81(100)62(36-83(85,86)87)93-77(96)58-32-65(109-51-21-13-47(14-22-51)102-30-29-44-31-64(44)95)71-72-66(110-52-23-15-48(16-24-52)103-38-55-41-106-55)33-60-70-61(80(99)94(79(60)98)63(37-84(88,89)90)82(101)92(2)46-11-7-4-8-12-46)35-68(112-54-27-19-50(20-28-54)105-40-57-43-108-57)74(76(70)72)73-67(34-59(78(93)97)69(58)75(71)73)111-53-25-17-49(18-26-53)104-39-56-42-107-56/h3-28,32-35,44,55-57,62-64,95H,29-31,36-43H2,1-2H3. The van der Waals surface area contributed by atoms with Crippen molar-refractivity contribution in [3.8, 4) is 69.0 Å². The zero-order valence-corrected chi connectivity index (χ0v) is 59.6. The van der Waals surface area contributed by atoms with Crippen molar-refractivity contribution < 1.29 is 112 Å². The highest BCUT2D eigenvalue weighted by Crippen LogP contribution is 2.59. The van der Waals surface area contributed by atoms with Crippen LogP contribution in [0.5, 0.6) is 69.0 Å². The van der Waals surface area contributed by atoms with Gasteiger partial charge in [0.25, 0.3) is 23.6 Å². The second-order valence-corrected chi connectivity index (χ2v) is 28.1. The lowest BCUT2D eigenvalue weighted by atomic mass is 9.80. The number of anilines is 2. The smallest absolute Gasteiger partial charge is 0.391 e. The van der Waals surface area contributed by atoms with Gasteiger partial charge in [-0.15, -0.1) is 0 Å². The number of aliphatic hydroxyl groups is 1. The Bertz CT molecular complexity index is 5260. The molecule has 1 N–H and O–H groups in total. The van der Waals surface area contributed by atoms with Crippen molar-refractivity contribution in [2.45, 2.75) is 74.5 Å². The monoisotopic (exact) mass is 1530 g/mol. The number of rotatable bonds is 29. The number of para-hydroxylation sites is 2. The zero-order valence-electron chi connectivity index (χ0n) is 59.6. The van der Waals surface area contributed by atoms with Crippen molar-refractivity contribution >= 4 is 89.9 Å². The minimum absolute atomic E-state index is 0.0226. The van der Waals surface area contributed by atoms with Crippen molar-refractivity contribution in [3.05, 3.63) is 204 Å². The molecule has 11 aromatic carbocycles. The third kappa shape index (κ3) is 14.7. The van der Waals surface area contributed by atoms with E-state index in [2.05, 4.69) is 0 Å². The Balaban J connectivity index is 0.970.